The number of rotatable bonds is 2. The minimum absolute atomic E-state index is 0.0184. The van der Waals surface area contributed by atoms with E-state index in [1.807, 2.05) is 0 Å². The van der Waals surface area contributed by atoms with E-state index < -0.39 is 22.4 Å². The van der Waals surface area contributed by atoms with Gasteiger partial charge in [-0.1, -0.05) is 15.9 Å². The van der Waals surface area contributed by atoms with Crippen molar-refractivity contribution in [3.05, 3.63) is 32.3 Å². The van der Waals surface area contributed by atoms with Gasteiger partial charge in [-0.2, -0.15) is 13.2 Å². The van der Waals surface area contributed by atoms with E-state index in [1.165, 1.54) is 7.05 Å². The quantitative estimate of drug-likeness (QED) is 0.672. The van der Waals surface area contributed by atoms with Gasteiger partial charge in [0, 0.05) is 17.6 Å². The van der Waals surface area contributed by atoms with Crippen molar-refractivity contribution in [1.29, 1.82) is 0 Å². The van der Waals surface area contributed by atoms with E-state index >= 15 is 0 Å². The summed E-state index contributed by atoms with van der Waals surface area (Å²) in [5.74, 6) is 0. The molecule has 1 aromatic carbocycles. The summed E-state index contributed by atoms with van der Waals surface area (Å²) in [5, 5.41) is 13.0. The van der Waals surface area contributed by atoms with E-state index in [0.717, 1.165) is 6.07 Å². The molecular weight excluding hydrogens is 293 g/mol. The molecule has 88 valence electrons. The van der Waals surface area contributed by atoms with E-state index in [0.29, 0.717) is 6.07 Å². The molecule has 1 aromatic rings. The first kappa shape index (κ1) is 12.8. The highest BCUT2D eigenvalue weighted by Gasteiger charge is 2.35. The van der Waals surface area contributed by atoms with Crippen molar-refractivity contribution in [2.45, 2.75) is 6.18 Å². The molecule has 0 radical (unpaired) electrons. The molecule has 16 heavy (non-hydrogen) atoms. The minimum atomic E-state index is -4.63. The van der Waals surface area contributed by atoms with E-state index in [4.69, 9.17) is 0 Å². The van der Waals surface area contributed by atoms with Crippen LogP contribution in [0.4, 0.5) is 24.5 Å². The van der Waals surface area contributed by atoms with Gasteiger partial charge in [-0.05, 0) is 6.07 Å². The Kier molecular flexibility index (Phi) is 3.41. The number of nitrogens with one attached hydrogen (secondary N) is 1. The summed E-state index contributed by atoms with van der Waals surface area (Å²) in [4.78, 5) is 9.69. The van der Waals surface area contributed by atoms with Crippen LogP contribution in [0.25, 0.3) is 0 Å². The van der Waals surface area contributed by atoms with Crippen LogP contribution in [-0.2, 0) is 6.18 Å². The second kappa shape index (κ2) is 4.28. The van der Waals surface area contributed by atoms with Crippen LogP contribution in [0.5, 0.6) is 0 Å². The van der Waals surface area contributed by atoms with Gasteiger partial charge in [0.25, 0.3) is 5.69 Å². The zero-order valence-electron chi connectivity index (χ0n) is 7.93. The van der Waals surface area contributed by atoms with Gasteiger partial charge in [0.05, 0.1) is 10.5 Å². The van der Waals surface area contributed by atoms with E-state index in [1.54, 1.807) is 0 Å². The van der Waals surface area contributed by atoms with Crippen molar-refractivity contribution in [3.63, 3.8) is 0 Å². The lowest BCUT2D eigenvalue weighted by molar-refractivity contribution is -0.384. The van der Waals surface area contributed by atoms with Crippen LogP contribution in [0.2, 0.25) is 0 Å². The second-order valence-electron chi connectivity index (χ2n) is 2.85. The standard InChI is InChI=1S/C8H6BrF3N2O2/c1-13-6-3-5(9)4(8(10,11)12)2-7(6)14(15)16/h2-3,13H,1H3. The molecule has 1 rings (SSSR count). The average Bonchev–Trinajstić information content (AvgIpc) is 2.14. The Morgan fingerprint density at radius 3 is 2.38 bits per heavy atom. The lowest BCUT2D eigenvalue weighted by Crippen LogP contribution is -2.08. The molecule has 0 aromatic heterocycles. The molecule has 0 aliphatic heterocycles. The third kappa shape index (κ3) is 2.43. The van der Waals surface area contributed by atoms with Crippen LogP contribution in [0.15, 0.2) is 16.6 Å². The first-order valence-electron chi connectivity index (χ1n) is 4.00. The maximum atomic E-state index is 12.5. The number of alkyl halides is 3. The van der Waals surface area contributed by atoms with Gasteiger partial charge in [0.2, 0.25) is 0 Å². The van der Waals surface area contributed by atoms with Crippen LogP contribution >= 0.6 is 15.9 Å². The predicted molar refractivity (Wildman–Crippen MR) is 55.3 cm³/mol. The number of hydrogen-bond acceptors (Lipinski definition) is 3. The first-order chi connectivity index (χ1) is 7.27. The summed E-state index contributed by atoms with van der Waals surface area (Å²) < 4.78 is 37.1. The zero-order valence-corrected chi connectivity index (χ0v) is 9.52. The summed E-state index contributed by atoms with van der Waals surface area (Å²) in [7, 11) is 1.39. The molecule has 0 unspecified atom stereocenters. The Bertz CT molecular complexity index is 434. The van der Waals surface area contributed by atoms with Gasteiger partial charge < -0.3 is 5.32 Å². The molecule has 4 nitrogen and oxygen atoms in total. The van der Waals surface area contributed by atoms with Crippen molar-refractivity contribution in [2.24, 2.45) is 0 Å². The number of nitrogens with zero attached hydrogens (tertiary/aromatic N) is 1. The third-order valence-corrected chi connectivity index (χ3v) is 2.51. The fraction of sp³-hybridized carbons (Fsp3) is 0.250. The molecule has 8 heteroatoms. The molecule has 0 amide bonds. The summed E-state index contributed by atoms with van der Waals surface area (Å²) in [5.41, 5.74) is -1.67. The van der Waals surface area contributed by atoms with Gasteiger partial charge in [-0.3, -0.25) is 10.1 Å². The van der Waals surface area contributed by atoms with Crippen LogP contribution in [0, 0.1) is 10.1 Å². The smallest absolute Gasteiger partial charge is 0.383 e. The van der Waals surface area contributed by atoms with Crippen molar-refractivity contribution >= 4 is 27.3 Å². The summed E-state index contributed by atoms with van der Waals surface area (Å²) in [6, 6.07) is 1.52. The van der Waals surface area contributed by atoms with Crippen LogP contribution in [-0.4, -0.2) is 12.0 Å². The molecule has 0 heterocycles. The van der Waals surface area contributed by atoms with E-state index in [9.17, 15) is 23.3 Å². The molecule has 0 atom stereocenters. The number of halogens is 4. The summed E-state index contributed by atoms with van der Waals surface area (Å²) >= 11 is 2.72. The number of hydrogen-bond donors (Lipinski definition) is 1. The highest BCUT2D eigenvalue weighted by atomic mass is 79.9. The van der Waals surface area contributed by atoms with Gasteiger partial charge in [0.15, 0.2) is 0 Å². The Morgan fingerprint density at radius 1 is 1.44 bits per heavy atom. The second-order valence-corrected chi connectivity index (χ2v) is 3.71. The fourth-order valence-electron chi connectivity index (χ4n) is 1.13. The number of benzene rings is 1. The summed E-state index contributed by atoms with van der Waals surface area (Å²) in [6.07, 6.45) is -4.63. The normalized spacial score (nSPS) is 11.3. The fourth-order valence-corrected chi connectivity index (χ4v) is 1.70. The van der Waals surface area contributed by atoms with E-state index in [-0.39, 0.29) is 10.2 Å². The number of nitro benzene ring substituents is 1. The van der Waals surface area contributed by atoms with Crippen molar-refractivity contribution in [2.75, 3.05) is 12.4 Å². The topological polar surface area (TPSA) is 55.2 Å². The third-order valence-electron chi connectivity index (χ3n) is 1.86. The van der Waals surface area contributed by atoms with Crippen molar-refractivity contribution in [3.8, 4) is 0 Å². The molecule has 0 spiro atoms. The maximum Gasteiger partial charge on any atom is 0.417 e. The van der Waals surface area contributed by atoms with Crippen LogP contribution in [0.3, 0.4) is 0 Å². The minimum Gasteiger partial charge on any atom is -0.383 e. The Labute approximate surface area is 96.7 Å². The Morgan fingerprint density at radius 2 is 2.00 bits per heavy atom. The van der Waals surface area contributed by atoms with Crippen LogP contribution in [0.1, 0.15) is 5.56 Å². The zero-order chi connectivity index (χ0) is 12.5. The highest BCUT2D eigenvalue weighted by molar-refractivity contribution is 9.10. The molecule has 1 N–H and O–H groups in total. The molecular formula is C8H6BrF3N2O2. The Hall–Kier alpha value is -1.31. The lowest BCUT2D eigenvalue weighted by Gasteiger charge is -2.10. The van der Waals surface area contributed by atoms with Gasteiger partial charge in [0.1, 0.15) is 5.69 Å². The molecule has 0 bridgehead atoms. The average molecular weight is 299 g/mol. The van der Waals surface area contributed by atoms with Crippen molar-refractivity contribution < 1.29 is 18.1 Å². The van der Waals surface area contributed by atoms with Gasteiger partial charge >= 0.3 is 6.18 Å². The molecule has 0 aliphatic carbocycles. The van der Waals surface area contributed by atoms with Crippen molar-refractivity contribution in [1.82, 2.24) is 0 Å². The van der Waals surface area contributed by atoms with E-state index in [2.05, 4.69) is 21.2 Å². The van der Waals surface area contributed by atoms with Crippen LogP contribution < -0.4 is 5.32 Å². The largest absolute Gasteiger partial charge is 0.417 e. The number of nitro groups is 1. The monoisotopic (exact) mass is 298 g/mol. The predicted octanol–water partition coefficient (Wildman–Crippen LogP) is 3.42. The maximum absolute atomic E-state index is 12.5. The molecule has 0 saturated heterocycles. The lowest BCUT2D eigenvalue weighted by atomic mass is 10.1. The molecule has 0 fully saturated rings. The number of anilines is 1. The summed E-state index contributed by atoms with van der Waals surface area (Å²) in [6.45, 7) is 0. The molecule has 0 aliphatic rings. The highest BCUT2D eigenvalue weighted by Crippen LogP contribution is 2.40. The molecule has 0 saturated carbocycles. The van der Waals surface area contributed by atoms with Gasteiger partial charge in [-0.25, -0.2) is 0 Å². The SMILES string of the molecule is CNc1cc(Br)c(C(F)(F)F)cc1[N+](=O)[O-]. The van der Waals surface area contributed by atoms with Gasteiger partial charge in [-0.15, -0.1) is 0 Å². The Balaban J connectivity index is 3.45. The first-order valence-corrected chi connectivity index (χ1v) is 4.79.